The van der Waals surface area contributed by atoms with Crippen LogP contribution in [0.1, 0.15) is 36.8 Å². The van der Waals surface area contributed by atoms with Gasteiger partial charge in [-0.05, 0) is 51.0 Å². The summed E-state index contributed by atoms with van der Waals surface area (Å²) in [5.74, 6) is 0. The molecule has 0 amide bonds. The van der Waals surface area contributed by atoms with Crippen molar-refractivity contribution in [3.8, 4) is 12.1 Å². The molecule has 0 saturated heterocycles. The fraction of sp³-hybridized carbons (Fsp3) is 0.364. The van der Waals surface area contributed by atoms with Crippen molar-refractivity contribution in [1.82, 2.24) is 0 Å². The maximum absolute atomic E-state index is 12.8. The van der Waals surface area contributed by atoms with Crippen LogP contribution in [-0.4, -0.2) is 29.0 Å². The predicted octanol–water partition coefficient (Wildman–Crippen LogP) is 3.76. The molecule has 170 valence electrons. The Hall–Kier alpha value is -2.76. The Morgan fingerprint density at radius 3 is 1.28 bits per heavy atom. The summed E-state index contributed by atoms with van der Waals surface area (Å²) in [6.45, 7) is 3.60. The van der Waals surface area contributed by atoms with Crippen molar-refractivity contribution >= 4 is 20.2 Å². The van der Waals surface area contributed by atoms with E-state index in [4.69, 9.17) is 18.9 Å². The molecule has 2 aromatic carbocycles. The first-order valence-electron chi connectivity index (χ1n) is 9.83. The smallest absolute Gasteiger partial charge is 0.260 e. The highest BCUT2D eigenvalue weighted by Crippen LogP contribution is 2.26. The molecular formula is C22H24N2O6S2. The van der Waals surface area contributed by atoms with Crippen LogP contribution in [0.4, 0.5) is 0 Å². The molecule has 0 fully saturated rings. The molecule has 0 heterocycles. The van der Waals surface area contributed by atoms with Crippen molar-refractivity contribution in [3.63, 3.8) is 0 Å². The van der Waals surface area contributed by atoms with Gasteiger partial charge in [0.05, 0.1) is 21.9 Å². The van der Waals surface area contributed by atoms with Crippen LogP contribution >= 0.6 is 0 Å². The van der Waals surface area contributed by atoms with Crippen LogP contribution in [0.15, 0.2) is 58.3 Å². The lowest BCUT2D eigenvalue weighted by atomic mass is 10.1. The summed E-state index contributed by atoms with van der Waals surface area (Å²) >= 11 is 0. The van der Waals surface area contributed by atoms with E-state index in [1.165, 1.54) is 24.3 Å². The van der Waals surface area contributed by atoms with E-state index in [0.29, 0.717) is 0 Å². The number of nitrogens with zero attached hydrogens (tertiary/aromatic N) is 2. The third kappa shape index (κ3) is 7.14. The second kappa shape index (κ2) is 11.2. The van der Waals surface area contributed by atoms with E-state index in [-0.39, 0.29) is 35.5 Å². The van der Waals surface area contributed by atoms with Crippen LogP contribution in [0.5, 0.6) is 0 Å². The molecule has 0 saturated carbocycles. The summed E-state index contributed by atoms with van der Waals surface area (Å²) in [6, 6.07) is 15.7. The van der Waals surface area contributed by atoms with Crippen molar-refractivity contribution in [2.24, 2.45) is 0 Å². The zero-order valence-corrected chi connectivity index (χ0v) is 19.4. The fourth-order valence-electron chi connectivity index (χ4n) is 2.85. The minimum atomic E-state index is -4.27. The minimum absolute atomic E-state index is 0.0922. The van der Waals surface area contributed by atoms with Crippen LogP contribution in [0.25, 0.3) is 0 Å². The Morgan fingerprint density at radius 1 is 0.688 bits per heavy atom. The van der Waals surface area contributed by atoms with Crippen LogP contribution in [0, 0.1) is 36.5 Å². The van der Waals surface area contributed by atoms with E-state index in [1.807, 2.05) is 12.1 Å². The molecule has 0 radical (unpaired) electrons. The lowest BCUT2D eigenvalue weighted by Gasteiger charge is -2.25. The van der Waals surface area contributed by atoms with Gasteiger partial charge in [-0.3, -0.25) is 8.37 Å². The average Bonchev–Trinajstić information content (AvgIpc) is 2.74. The van der Waals surface area contributed by atoms with Gasteiger partial charge < -0.3 is 0 Å². The molecule has 0 aliphatic carbocycles. The fourth-order valence-corrected chi connectivity index (χ4v) is 5.10. The number of rotatable bonds is 11. The molecule has 0 bridgehead atoms. The summed E-state index contributed by atoms with van der Waals surface area (Å²) < 4.78 is 61.9. The van der Waals surface area contributed by atoms with Gasteiger partial charge in [-0.1, -0.05) is 35.4 Å². The number of nitriles is 2. The van der Waals surface area contributed by atoms with Gasteiger partial charge in [0.1, 0.15) is 12.2 Å². The van der Waals surface area contributed by atoms with E-state index in [0.717, 1.165) is 11.1 Å². The van der Waals surface area contributed by atoms with Crippen LogP contribution in [0.3, 0.4) is 0 Å². The van der Waals surface area contributed by atoms with Crippen LogP contribution in [-0.2, 0) is 28.6 Å². The van der Waals surface area contributed by atoms with Gasteiger partial charge in [0, 0.05) is 12.8 Å². The minimum Gasteiger partial charge on any atom is -0.260 e. The molecule has 2 atom stereocenters. The lowest BCUT2D eigenvalue weighted by Crippen LogP contribution is -2.35. The number of hydrogen-bond acceptors (Lipinski definition) is 8. The zero-order chi connectivity index (χ0) is 23.8. The van der Waals surface area contributed by atoms with E-state index in [9.17, 15) is 16.8 Å². The van der Waals surface area contributed by atoms with Crippen LogP contribution in [0.2, 0.25) is 0 Å². The van der Waals surface area contributed by atoms with Crippen molar-refractivity contribution in [3.05, 3.63) is 59.7 Å². The van der Waals surface area contributed by atoms with E-state index < -0.39 is 32.4 Å². The van der Waals surface area contributed by atoms with Gasteiger partial charge in [-0.25, -0.2) is 0 Å². The molecule has 2 aromatic rings. The average molecular weight is 477 g/mol. The van der Waals surface area contributed by atoms with Gasteiger partial charge in [0.25, 0.3) is 20.2 Å². The Labute approximate surface area is 189 Å². The van der Waals surface area contributed by atoms with E-state index in [1.54, 1.807) is 38.1 Å². The monoisotopic (exact) mass is 476 g/mol. The normalized spacial score (nSPS) is 13.6. The summed E-state index contributed by atoms with van der Waals surface area (Å²) in [7, 11) is -8.54. The number of aryl methyl sites for hydroxylation is 2. The highest BCUT2D eigenvalue weighted by molar-refractivity contribution is 7.87. The Morgan fingerprint density at radius 2 is 1.00 bits per heavy atom. The maximum atomic E-state index is 12.8. The first-order valence-corrected chi connectivity index (χ1v) is 12.6. The first-order chi connectivity index (χ1) is 15.1. The largest absolute Gasteiger partial charge is 0.297 e. The van der Waals surface area contributed by atoms with Crippen molar-refractivity contribution < 1.29 is 25.2 Å². The van der Waals surface area contributed by atoms with Gasteiger partial charge in [0.15, 0.2) is 0 Å². The van der Waals surface area contributed by atoms with Gasteiger partial charge in [-0.2, -0.15) is 27.4 Å². The second-order valence-electron chi connectivity index (χ2n) is 7.20. The number of hydrogen-bond donors (Lipinski definition) is 0. The molecule has 2 rings (SSSR count). The first kappa shape index (κ1) is 25.5. The molecular weight excluding hydrogens is 452 g/mol. The topological polar surface area (TPSA) is 134 Å². The standard InChI is InChI=1S/C22H24N2O6S2/c1-17-7-11-19(12-8-17)31(25,26)29-21(5-3-15-23)22(6-4-16-24)30-32(27,28)20-13-9-18(2)10-14-20/h7-14,21-22H,3-6H2,1-2H3/t21-,22-/m1/s1. The Kier molecular flexibility index (Phi) is 8.93. The van der Waals surface area contributed by atoms with E-state index in [2.05, 4.69) is 0 Å². The SMILES string of the molecule is Cc1ccc(S(=O)(=O)O[C@H](CCC#N)[C@@H](CCC#N)OS(=O)(=O)c2ccc(C)cc2)cc1. The number of benzene rings is 2. The third-order valence-electron chi connectivity index (χ3n) is 4.62. The summed E-state index contributed by atoms with van der Waals surface area (Å²) in [5, 5.41) is 18.0. The lowest BCUT2D eigenvalue weighted by molar-refractivity contribution is 0.0532. The summed E-state index contributed by atoms with van der Waals surface area (Å²) in [4.78, 5) is -0.212. The maximum Gasteiger partial charge on any atom is 0.297 e. The highest BCUT2D eigenvalue weighted by atomic mass is 32.2. The molecule has 0 aromatic heterocycles. The van der Waals surface area contributed by atoms with Gasteiger partial charge in [-0.15, -0.1) is 0 Å². The third-order valence-corrected chi connectivity index (χ3v) is 7.32. The molecule has 8 nitrogen and oxygen atoms in total. The quantitative estimate of drug-likeness (QED) is 0.447. The molecule has 0 aliphatic rings. The van der Waals surface area contributed by atoms with Gasteiger partial charge in [0.2, 0.25) is 0 Å². The molecule has 32 heavy (non-hydrogen) atoms. The molecule has 0 aliphatic heterocycles. The predicted molar refractivity (Wildman–Crippen MR) is 116 cm³/mol. The van der Waals surface area contributed by atoms with Crippen molar-refractivity contribution in [2.75, 3.05) is 0 Å². The Bertz CT molecular complexity index is 1100. The molecule has 0 spiro atoms. The summed E-state index contributed by atoms with van der Waals surface area (Å²) in [6.07, 6.45) is -2.94. The van der Waals surface area contributed by atoms with Gasteiger partial charge >= 0.3 is 0 Å². The second-order valence-corrected chi connectivity index (χ2v) is 10.3. The van der Waals surface area contributed by atoms with Crippen molar-refractivity contribution in [1.29, 1.82) is 10.5 Å². The highest BCUT2D eigenvalue weighted by Gasteiger charge is 2.33. The van der Waals surface area contributed by atoms with E-state index >= 15 is 0 Å². The van der Waals surface area contributed by atoms with Crippen LogP contribution < -0.4 is 0 Å². The van der Waals surface area contributed by atoms with Crippen molar-refractivity contribution in [2.45, 2.75) is 61.5 Å². The summed E-state index contributed by atoms with van der Waals surface area (Å²) in [5.41, 5.74) is 1.70. The zero-order valence-electron chi connectivity index (χ0n) is 17.8. The molecule has 0 N–H and O–H groups in total. The Balaban J connectivity index is 2.37. The molecule has 0 unspecified atom stereocenters. The molecule has 10 heteroatoms.